The fourth-order valence-electron chi connectivity index (χ4n) is 2.48. The first-order valence-corrected chi connectivity index (χ1v) is 9.99. The van der Waals surface area contributed by atoms with Gasteiger partial charge in [0.2, 0.25) is 5.91 Å². The van der Waals surface area contributed by atoms with E-state index in [2.05, 4.69) is 16.2 Å². The Kier molecular flexibility index (Phi) is 6.82. The van der Waals surface area contributed by atoms with Crippen LogP contribution < -0.4 is 20.9 Å². The summed E-state index contributed by atoms with van der Waals surface area (Å²) in [6.07, 6.45) is 2.92. The van der Waals surface area contributed by atoms with Gasteiger partial charge in [-0.3, -0.25) is 25.8 Å². The second kappa shape index (κ2) is 9.51. The van der Waals surface area contributed by atoms with E-state index in [1.807, 2.05) is 42.5 Å². The lowest BCUT2D eigenvalue weighted by atomic mass is 10.2. The lowest BCUT2D eigenvalue weighted by Gasteiger charge is -2.09. The summed E-state index contributed by atoms with van der Waals surface area (Å²) in [6, 6.07) is 14.7. The number of hydrogen-bond acceptors (Lipinski definition) is 5. The third-order valence-electron chi connectivity index (χ3n) is 3.82. The van der Waals surface area contributed by atoms with Crippen LogP contribution in [0, 0.1) is 0 Å². The number of carbonyl (C=O) groups excluding carboxylic acids is 2. The van der Waals surface area contributed by atoms with Crippen molar-refractivity contribution < 1.29 is 14.3 Å². The molecule has 0 spiro atoms. The molecule has 0 bridgehead atoms. The molecule has 2 amide bonds. The summed E-state index contributed by atoms with van der Waals surface area (Å²) in [5.74, 6) is -0.260. The van der Waals surface area contributed by atoms with Crippen molar-refractivity contribution in [3.8, 4) is 5.75 Å². The molecule has 0 atom stereocenters. The lowest BCUT2D eigenvalue weighted by molar-refractivity contribution is -0.115. The quantitative estimate of drug-likeness (QED) is 0.322. The fraction of sp³-hybridized carbons (Fsp3) is 0.0500. The van der Waals surface area contributed by atoms with Gasteiger partial charge in [0, 0.05) is 21.7 Å². The van der Waals surface area contributed by atoms with Crippen LogP contribution in [0.3, 0.4) is 0 Å². The number of halogens is 1. The number of benzene rings is 2. The van der Waals surface area contributed by atoms with E-state index < -0.39 is 11.8 Å². The van der Waals surface area contributed by atoms with Crippen LogP contribution in [0.2, 0.25) is 5.02 Å². The highest BCUT2D eigenvalue weighted by Crippen LogP contribution is 2.34. The highest BCUT2D eigenvalue weighted by molar-refractivity contribution is 7.80. The lowest BCUT2D eigenvalue weighted by Crippen LogP contribution is -2.48. The number of thiophene rings is 1. The monoisotopic (exact) mass is 445 g/mol. The zero-order valence-corrected chi connectivity index (χ0v) is 17.6. The van der Waals surface area contributed by atoms with Crippen molar-refractivity contribution in [3.05, 3.63) is 70.1 Å². The molecular weight excluding hydrogens is 430 g/mol. The second-order valence-electron chi connectivity index (χ2n) is 5.71. The third-order valence-corrected chi connectivity index (χ3v) is 5.70. The number of fused-ring (bicyclic) bond motifs is 1. The van der Waals surface area contributed by atoms with Crippen LogP contribution >= 0.6 is 35.2 Å². The molecule has 0 aliphatic heterocycles. The molecule has 29 heavy (non-hydrogen) atoms. The number of amides is 2. The van der Waals surface area contributed by atoms with Gasteiger partial charge in [-0.1, -0.05) is 48.0 Å². The molecule has 0 aliphatic carbocycles. The van der Waals surface area contributed by atoms with Gasteiger partial charge in [-0.25, -0.2) is 0 Å². The Labute approximate surface area is 181 Å². The van der Waals surface area contributed by atoms with Crippen LogP contribution in [0.5, 0.6) is 5.75 Å². The Morgan fingerprint density at radius 1 is 1.10 bits per heavy atom. The number of rotatable bonds is 4. The molecule has 0 aliphatic rings. The molecule has 3 N–H and O–H groups in total. The van der Waals surface area contributed by atoms with Crippen LogP contribution in [0.15, 0.2) is 54.6 Å². The first-order chi connectivity index (χ1) is 14.0. The first kappa shape index (κ1) is 20.8. The van der Waals surface area contributed by atoms with Crippen molar-refractivity contribution in [3.63, 3.8) is 0 Å². The van der Waals surface area contributed by atoms with Crippen molar-refractivity contribution in [2.45, 2.75) is 0 Å². The summed E-state index contributed by atoms with van der Waals surface area (Å²) >= 11 is 12.6. The number of hydrazine groups is 1. The van der Waals surface area contributed by atoms with E-state index >= 15 is 0 Å². The Bertz CT molecular complexity index is 1110. The average Bonchev–Trinajstić information content (AvgIpc) is 3.07. The molecule has 0 saturated carbocycles. The van der Waals surface area contributed by atoms with E-state index in [-0.39, 0.29) is 5.11 Å². The Balaban J connectivity index is 1.55. The molecule has 1 heterocycles. The predicted molar refractivity (Wildman–Crippen MR) is 120 cm³/mol. The molecule has 0 saturated heterocycles. The number of methoxy groups -OCH3 is 1. The summed E-state index contributed by atoms with van der Waals surface area (Å²) in [5.41, 5.74) is 5.68. The minimum atomic E-state index is -0.456. The highest BCUT2D eigenvalue weighted by Gasteiger charge is 2.17. The molecule has 0 fully saturated rings. The smallest absolute Gasteiger partial charge is 0.281 e. The van der Waals surface area contributed by atoms with Crippen molar-refractivity contribution in [1.29, 1.82) is 0 Å². The van der Waals surface area contributed by atoms with Gasteiger partial charge in [0.25, 0.3) is 5.91 Å². The van der Waals surface area contributed by atoms with Crippen LogP contribution in [-0.4, -0.2) is 24.0 Å². The summed E-state index contributed by atoms with van der Waals surface area (Å²) in [5, 5.41) is 3.58. The largest absolute Gasteiger partial charge is 0.496 e. The molecule has 0 unspecified atom stereocenters. The topological polar surface area (TPSA) is 79.5 Å². The molecule has 9 heteroatoms. The summed E-state index contributed by atoms with van der Waals surface area (Å²) in [4.78, 5) is 24.7. The molecule has 6 nitrogen and oxygen atoms in total. The van der Waals surface area contributed by atoms with Crippen molar-refractivity contribution in [2.75, 3.05) is 7.11 Å². The Hall–Kier alpha value is -2.94. The number of hydrogen-bond donors (Lipinski definition) is 3. The van der Waals surface area contributed by atoms with Gasteiger partial charge in [-0.05, 0) is 30.4 Å². The van der Waals surface area contributed by atoms with Crippen LogP contribution in [-0.2, 0) is 4.79 Å². The maximum absolute atomic E-state index is 12.4. The molecule has 3 aromatic rings. The highest BCUT2D eigenvalue weighted by atomic mass is 35.5. The van der Waals surface area contributed by atoms with Crippen molar-refractivity contribution in [1.82, 2.24) is 16.2 Å². The Morgan fingerprint density at radius 3 is 2.59 bits per heavy atom. The van der Waals surface area contributed by atoms with Gasteiger partial charge in [0.05, 0.1) is 12.1 Å². The van der Waals surface area contributed by atoms with Crippen LogP contribution in [0.4, 0.5) is 0 Å². The maximum atomic E-state index is 12.4. The molecule has 1 aromatic heterocycles. The molecule has 3 rings (SSSR count). The van der Waals surface area contributed by atoms with Gasteiger partial charge >= 0.3 is 0 Å². The van der Waals surface area contributed by atoms with E-state index in [4.69, 9.17) is 28.6 Å². The number of ether oxygens (including phenoxy) is 1. The zero-order valence-electron chi connectivity index (χ0n) is 15.2. The first-order valence-electron chi connectivity index (χ1n) is 8.39. The van der Waals surface area contributed by atoms with E-state index in [9.17, 15) is 9.59 Å². The van der Waals surface area contributed by atoms with E-state index in [1.165, 1.54) is 17.4 Å². The van der Waals surface area contributed by atoms with Crippen LogP contribution in [0.25, 0.3) is 16.2 Å². The molecule has 148 valence electrons. The third kappa shape index (κ3) is 5.11. The molecule has 2 aromatic carbocycles. The minimum Gasteiger partial charge on any atom is -0.496 e. The molecule has 0 radical (unpaired) electrons. The van der Waals surface area contributed by atoms with Gasteiger partial charge in [0.1, 0.15) is 10.6 Å². The summed E-state index contributed by atoms with van der Waals surface area (Å²) < 4.78 is 6.12. The van der Waals surface area contributed by atoms with Crippen molar-refractivity contribution >= 4 is 68.2 Å². The number of thiocarbonyl (C=S) groups is 1. The SMILES string of the molecule is COc1ccccc1/C=C/C(=O)NC(=S)NNC(=O)c1sc2ccccc2c1Cl. The summed E-state index contributed by atoms with van der Waals surface area (Å²) in [6.45, 7) is 0. The average molecular weight is 446 g/mol. The maximum Gasteiger partial charge on any atom is 0.281 e. The Morgan fingerprint density at radius 2 is 1.83 bits per heavy atom. The standard InChI is InChI=1S/C20H16ClN3O3S2/c1-27-14-8-4-2-6-12(14)10-11-16(25)22-20(28)24-23-19(26)18-17(21)13-7-3-5-9-15(13)29-18/h2-11H,1H3,(H,23,26)(H2,22,24,25,28)/b11-10+. The number of carbonyl (C=O) groups is 2. The molecular formula is C20H16ClN3O3S2. The van der Waals surface area contributed by atoms with E-state index in [0.29, 0.717) is 15.6 Å². The minimum absolute atomic E-state index is 0.0507. The van der Waals surface area contributed by atoms with Gasteiger partial charge in [-0.15, -0.1) is 11.3 Å². The van der Waals surface area contributed by atoms with E-state index in [1.54, 1.807) is 19.3 Å². The fourth-order valence-corrected chi connectivity index (χ4v) is 4.05. The van der Waals surface area contributed by atoms with Gasteiger partial charge in [-0.2, -0.15) is 0 Å². The second-order valence-corrected chi connectivity index (χ2v) is 7.55. The number of para-hydroxylation sites is 1. The normalized spacial score (nSPS) is 10.7. The van der Waals surface area contributed by atoms with Crippen LogP contribution in [0.1, 0.15) is 15.2 Å². The van der Waals surface area contributed by atoms with Crippen molar-refractivity contribution in [2.24, 2.45) is 0 Å². The van der Waals surface area contributed by atoms with Gasteiger partial charge in [0.15, 0.2) is 5.11 Å². The zero-order chi connectivity index (χ0) is 20.8. The van der Waals surface area contributed by atoms with Gasteiger partial charge < -0.3 is 4.74 Å². The predicted octanol–water partition coefficient (Wildman–Crippen LogP) is 3.91. The number of nitrogens with one attached hydrogen (secondary N) is 3. The van der Waals surface area contributed by atoms with E-state index in [0.717, 1.165) is 15.6 Å². The summed E-state index contributed by atoms with van der Waals surface area (Å²) in [7, 11) is 1.55.